The van der Waals surface area contributed by atoms with Gasteiger partial charge in [0.25, 0.3) is 0 Å². The molecule has 12 aromatic rings. The van der Waals surface area contributed by atoms with E-state index in [0.29, 0.717) is 0 Å². The van der Waals surface area contributed by atoms with E-state index in [1.54, 1.807) is 0 Å². The third-order valence-electron chi connectivity index (χ3n) is 13.8. The van der Waals surface area contributed by atoms with Crippen molar-refractivity contribution in [2.75, 3.05) is 4.90 Å². The number of hydrogen-bond donors (Lipinski definition) is 0. The highest BCUT2D eigenvalue weighted by Gasteiger charge is 2.35. The zero-order chi connectivity index (χ0) is 42.5. The second kappa shape index (κ2) is 13.9. The fourth-order valence-electron chi connectivity index (χ4n) is 10.7. The van der Waals surface area contributed by atoms with E-state index in [2.05, 4.69) is 242 Å². The lowest BCUT2D eigenvalue weighted by molar-refractivity contribution is 0.660. The number of fused-ring (bicyclic) bond motifs is 11. The molecule has 1 aliphatic carbocycles. The predicted molar refractivity (Wildman–Crippen MR) is 269 cm³/mol. The van der Waals surface area contributed by atoms with E-state index in [9.17, 15) is 0 Å². The molecule has 0 saturated carbocycles. The molecule has 13 rings (SSSR count). The van der Waals surface area contributed by atoms with Gasteiger partial charge in [-0.15, -0.1) is 0 Å². The van der Waals surface area contributed by atoms with Crippen molar-refractivity contribution in [2.24, 2.45) is 0 Å². The van der Waals surface area contributed by atoms with Crippen LogP contribution < -0.4 is 4.90 Å². The minimum Gasteiger partial charge on any atom is -0.455 e. The highest BCUT2D eigenvalue weighted by molar-refractivity contribution is 6.17. The summed E-state index contributed by atoms with van der Waals surface area (Å²) >= 11 is 0. The predicted octanol–water partition coefficient (Wildman–Crippen LogP) is 16.9. The van der Waals surface area contributed by atoms with Crippen molar-refractivity contribution in [2.45, 2.75) is 19.3 Å². The maximum Gasteiger partial charge on any atom is 0.143 e. The fraction of sp³-hybridized carbons (Fsp3) is 0.0492. The molecule has 3 heteroatoms. The van der Waals surface area contributed by atoms with Crippen molar-refractivity contribution in [1.29, 1.82) is 0 Å². The molecule has 0 saturated heterocycles. The molecule has 2 aromatic heterocycles. The van der Waals surface area contributed by atoms with Gasteiger partial charge in [-0.1, -0.05) is 166 Å². The Morgan fingerprint density at radius 2 is 0.984 bits per heavy atom. The number of rotatable bonds is 6. The SMILES string of the molecule is CC1(C)c2ccccc2-c2ccc(N(c3ccc(-c4cccc(-n5c6ccccc6c6ccccc65)c4)cc3)c3cccc(-c4cccc5c4oc4c6ccccc6ccc54)c3)cc21. The van der Waals surface area contributed by atoms with E-state index >= 15 is 0 Å². The van der Waals surface area contributed by atoms with Gasteiger partial charge in [0.15, 0.2) is 0 Å². The molecule has 64 heavy (non-hydrogen) atoms. The van der Waals surface area contributed by atoms with Crippen molar-refractivity contribution < 1.29 is 4.42 Å². The molecule has 0 amide bonds. The van der Waals surface area contributed by atoms with Gasteiger partial charge in [-0.3, -0.25) is 0 Å². The normalized spacial score (nSPS) is 13.0. The molecule has 0 radical (unpaired) electrons. The van der Waals surface area contributed by atoms with Crippen LogP contribution in [-0.4, -0.2) is 4.57 Å². The molecule has 3 nitrogen and oxygen atoms in total. The van der Waals surface area contributed by atoms with Gasteiger partial charge in [0.05, 0.1) is 11.0 Å². The van der Waals surface area contributed by atoms with Crippen LogP contribution in [0.4, 0.5) is 17.1 Å². The smallest absolute Gasteiger partial charge is 0.143 e. The lowest BCUT2D eigenvalue weighted by Gasteiger charge is -2.28. The zero-order valence-corrected chi connectivity index (χ0v) is 35.6. The summed E-state index contributed by atoms with van der Waals surface area (Å²) in [5.41, 5.74) is 18.4. The molecular weight excluding hydrogens is 777 g/mol. The summed E-state index contributed by atoms with van der Waals surface area (Å²) in [6, 6.07) is 79.6. The second-order valence-corrected chi connectivity index (χ2v) is 17.7. The van der Waals surface area contributed by atoms with Crippen molar-refractivity contribution in [3.8, 4) is 39.1 Å². The van der Waals surface area contributed by atoms with Crippen molar-refractivity contribution in [3.63, 3.8) is 0 Å². The molecule has 0 unspecified atom stereocenters. The van der Waals surface area contributed by atoms with Crippen LogP contribution in [0, 0.1) is 0 Å². The Labute approximate surface area is 371 Å². The van der Waals surface area contributed by atoms with Gasteiger partial charge in [0, 0.05) is 60.7 Å². The van der Waals surface area contributed by atoms with Crippen LogP contribution in [-0.2, 0) is 5.41 Å². The molecule has 0 aliphatic heterocycles. The summed E-state index contributed by atoms with van der Waals surface area (Å²) < 4.78 is 9.23. The van der Waals surface area contributed by atoms with Crippen LogP contribution in [0.25, 0.3) is 93.6 Å². The van der Waals surface area contributed by atoms with Gasteiger partial charge in [-0.25, -0.2) is 0 Å². The molecule has 0 bridgehead atoms. The van der Waals surface area contributed by atoms with Gasteiger partial charge in [0.1, 0.15) is 11.2 Å². The van der Waals surface area contributed by atoms with Crippen LogP contribution in [0.15, 0.2) is 223 Å². The van der Waals surface area contributed by atoms with E-state index in [0.717, 1.165) is 66.8 Å². The largest absolute Gasteiger partial charge is 0.455 e. The number of furan rings is 1. The Kier molecular flexibility index (Phi) is 7.95. The molecule has 1 aliphatic rings. The lowest BCUT2D eigenvalue weighted by atomic mass is 9.82. The first-order valence-corrected chi connectivity index (χ1v) is 22.2. The molecular formula is C61H42N2O. The molecule has 0 N–H and O–H groups in total. The van der Waals surface area contributed by atoms with Crippen LogP contribution in [0.3, 0.4) is 0 Å². The summed E-state index contributed by atoms with van der Waals surface area (Å²) in [6.45, 7) is 4.71. The third kappa shape index (κ3) is 5.47. The number of benzene rings is 10. The first-order chi connectivity index (χ1) is 31.5. The average molecular weight is 819 g/mol. The number of hydrogen-bond acceptors (Lipinski definition) is 2. The molecule has 2 heterocycles. The van der Waals surface area contributed by atoms with E-state index in [4.69, 9.17) is 4.42 Å². The second-order valence-electron chi connectivity index (χ2n) is 17.7. The van der Waals surface area contributed by atoms with Crippen molar-refractivity contribution in [3.05, 3.63) is 230 Å². The number of para-hydroxylation sites is 3. The molecule has 302 valence electrons. The van der Waals surface area contributed by atoms with Crippen molar-refractivity contribution in [1.82, 2.24) is 4.57 Å². The van der Waals surface area contributed by atoms with Crippen molar-refractivity contribution >= 4 is 71.6 Å². The zero-order valence-electron chi connectivity index (χ0n) is 35.6. The number of anilines is 3. The van der Waals surface area contributed by atoms with Gasteiger partial charge in [-0.2, -0.15) is 0 Å². The Bertz CT molecular complexity index is 3770. The summed E-state index contributed by atoms with van der Waals surface area (Å²) in [4.78, 5) is 2.41. The highest BCUT2D eigenvalue weighted by Crippen LogP contribution is 2.51. The van der Waals surface area contributed by atoms with E-state index in [-0.39, 0.29) is 5.41 Å². The first kappa shape index (κ1) is 36.5. The Morgan fingerprint density at radius 1 is 0.375 bits per heavy atom. The topological polar surface area (TPSA) is 21.3 Å². The van der Waals surface area contributed by atoms with Crippen LogP contribution in [0.2, 0.25) is 0 Å². The van der Waals surface area contributed by atoms with Crippen LogP contribution in [0.5, 0.6) is 0 Å². The maximum atomic E-state index is 6.84. The Hall–Kier alpha value is -8.14. The standard InChI is InChI=1S/C61H42N2O/c1-61(2)55-25-8-5-20-49(55)50-35-33-46(38-56(50)61)62(44-17-12-16-42(37-44)48-23-13-24-53-54-34-30-40-14-3-4-19-47(40)59(54)64-60(48)53)43-31-28-39(29-32-43)41-15-11-18-45(36-41)63-57-26-9-6-21-51(57)52-22-7-10-27-58(52)63/h3-38H,1-2H3. The Morgan fingerprint density at radius 3 is 1.81 bits per heavy atom. The van der Waals surface area contributed by atoms with E-state index in [1.807, 2.05) is 0 Å². The molecule has 0 atom stereocenters. The first-order valence-electron chi connectivity index (χ1n) is 22.2. The minimum atomic E-state index is -0.137. The molecule has 10 aromatic carbocycles. The van der Waals surface area contributed by atoms with Gasteiger partial charge in [0.2, 0.25) is 0 Å². The maximum absolute atomic E-state index is 6.84. The summed E-state index contributed by atoms with van der Waals surface area (Å²) in [7, 11) is 0. The summed E-state index contributed by atoms with van der Waals surface area (Å²) in [6.07, 6.45) is 0. The quantitative estimate of drug-likeness (QED) is 0.167. The fourth-order valence-corrected chi connectivity index (χ4v) is 10.7. The molecule has 0 spiro atoms. The number of aromatic nitrogens is 1. The van der Waals surface area contributed by atoms with Gasteiger partial charge >= 0.3 is 0 Å². The van der Waals surface area contributed by atoms with Gasteiger partial charge < -0.3 is 13.9 Å². The Balaban J connectivity index is 0.942. The van der Waals surface area contributed by atoms with E-state index in [1.165, 1.54) is 55.0 Å². The monoisotopic (exact) mass is 818 g/mol. The number of nitrogens with zero attached hydrogens (tertiary/aromatic N) is 2. The van der Waals surface area contributed by atoms with Crippen LogP contribution >= 0.6 is 0 Å². The summed E-state index contributed by atoms with van der Waals surface area (Å²) in [5, 5.41) is 7.09. The highest BCUT2D eigenvalue weighted by atomic mass is 16.3. The van der Waals surface area contributed by atoms with E-state index < -0.39 is 0 Å². The average Bonchev–Trinajstić information content (AvgIpc) is 3.98. The molecule has 0 fully saturated rings. The minimum absolute atomic E-state index is 0.137. The van der Waals surface area contributed by atoms with Gasteiger partial charge in [-0.05, 0) is 111 Å². The third-order valence-corrected chi connectivity index (χ3v) is 13.8. The lowest BCUT2D eigenvalue weighted by Crippen LogP contribution is -2.16. The summed E-state index contributed by atoms with van der Waals surface area (Å²) in [5.74, 6) is 0. The van der Waals surface area contributed by atoms with Crippen LogP contribution in [0.1, 0.15) is 25.0 Å².